The van der Waals surface area contributed by atoms with Gasteiger partial charge in [-0.1, -0.05) is 43.5 Å². The number of pyridine rings is 1. The Kier molecular flexibility index (Phi) is 5.87. The van der Waals surface area contributed by atoms with Crippen molar-refractivity contribution in [3.05, 3.63) is 76.3 Å². The summed E-state index contributed by atoms with van der Waals surface area (Å²) in [6, 6.07) is 13.4. The number of nitrogens with zero attached hydrogens (tertiary/aromatic N) is 4. The van der Waals surface area contributed by atoms with Crippen LogP contribution in [0.2, 0.25) is 0 Å². The number of amides is 1. The Labute approximate surface area is 208 Å². The Bertz CT molecular complexity index is 1450. The van der Waals surface area contributed by atoms with E-state index in [9.17, 15) is 14.0 Å². The Morgan fingerprint density at radius 3 is 2.53 bits per heavy atom. The van der Waals surface area contributed by atoms with Crippen LogP contribution < -0.4 is 5.56 Å². The predicted molar refractivity (Wildman–Crippen MR) is 136 cm³/mol. The second-order valence-electron chi connectivity index (χ2n) is 9.93. The van der Waals surface area contributed by atoms with Gasteiger partial charge in [-0.2, -0.15) is 0 Å². The van der Waals surface area contributed by atoms with Gasteiger partial charge in [0.15, 0.2) is 5.65 Å². The van der Waals surface area contributed by atoms with Gasteiger partial charge in [-0.25, -0.2) is 9.50 Å². The van der Waals surface area contributed by atoms with Crippen molar-refractivity contribution in [2.75, 3.05) is 19.8 Å². The van der Waals surface area contributed by atoms with Crippen LogP contribution in [0.25, 0.3) is 28.2 Å². The van der Waals surface area contributed by atoms with Crippen molar-refractivity contribution in [1.29, 1.82) is 0 Å². The fourth-order valence-electron chi connectivity index (χ4n) is 5.46. The van der Waals surface area contributed by atoms with E-state index < -0.39 is 6.67 Å². The van der Waals surface area contributed by atoms with Crippen LogP contribution in [0.4, 0.5) is 4.39 Å². The van der Waals surface area contributed by atoms with E-state index >= 15 is 0 Å². The molecule has 2 fully saturated rings. The summed E-state index contributed by atoms with van der Waals surface area (Å²) in [5.74, 6) is 0.179. The van der Waals surface area contributed by atoms with Gasteiger partial charge in [0.25, 0.3) is 11.5 Å². The SMILES string of the molecule is O=C(c1c(-c2cccnc2)[nH]n2c(=O)cc(-c3ccc(C4CCCCC4)cc3)nc12)N1CC(CF)C1. The summed E-state index contributed by atoms with van der Waals surface area (Å²) in [4.78, 5) is 37.3. The molecule has 0 atom stereocenters. The minimum absolute atomic E-state index is 0.144. The number of benzene rings is 1. The number of aromatic amines is 1. The molecular formula is C28H28FN5O2. The number of rotatable bonds is 5. The first kappa shape index (κ1) is 22.6. The van der Waals surface area contributed by atoms with E-state index in [0.29, 0.717) is 41.5 Å². The molecule has 1 amide bonds. The molecule has 6 rings (SSSR count). The van der Waals surface area contributed by atoms with Crippen LogP contribution in [0.5, 0.6) is 0 Å². The minimum Gasteiger partial charge on any atom is -0.338 e. The number of carbonyl (C=O) groups is 1. The van der Waals surface area contributed by atoms with Crippen molar-refractivity contribution >= 4 is 11.6 Å². The van der Waals surface area contributed by atoms with Crippen LogP contribution >= 0.6 is 0 Å². The molecule has 0 bridgehead atoms. The van der Waals surface area contributed by atoms with Crippen molar-refractivity contribution in [3.63, 3.8) is 0 Å². The van der Waals surface area contributed by atoms with Gasteiger partial charge in [0.1, 0.15) is 5.56 Å². The second-order valence-corrected chi connectivity index (χ2v) is 9.93. The zero-order chi connectivity index (χ0) is 24.6. The summed E-state index contributed by atoms with van der Waals surface area (Å²) in [5.41, 5.74) is 4.09. The maximum absolute atomic E-state index is 13.5. The zero-order valence-electron chi connectivity index (χ0n) is 20.0. The number of likely N-dealkylation sites (tertiary alicyclic amines) is 1. The molecule has 1 saturated heterocycles. The van der Waals surface area contributed by atoms with Crippen LogP contribution in [0.1, 0.15) is 53.9 Å². The van der Waals surface area contributed by atoms with E-state index in [0.717, 1.165) is 5.56 Å². The number of halogens is 1. The highest BCUT2D eigenvalue weighted by molar-refractivity contribution is 6.06. The van der Waals surface area contributed by atoms with Crippen LogP contribution in [-0.4, -0.2) is 50.2 Å². The molecule has 0 radical (unpaired) electrons. The lowest BCUT2D eigenvalue weighted by atomic mass is 9.84. The third-order valence-corrected chi connectivity index (χ3v) is 7.53. The van der Waals surface area contributed by atoms with Crippen molar-refractivity contribution < 1.29 is 9.18 Å². The number of alkyl halides is 1. The molecule has 0 spiro atoms. The van der Waals surface area contributed by atoms with Gasteiger partial charge in [0, 0.05) is 48.6 Å². The van der Waals surface area contributed by atoms with E-state index in [2.05, 4.69) is 22.2 Å². The molecule has 184 valence electrons. The highest BCUT2D eigenvalue weighted by Gasteiger charge is 2.35. The maximum Gasteiger partial charge on any atom is 0.273 e. The third kappa shape index (κ3) is 4.00. The highest BCUT2D eigenvalue weighted by Crippen LogP contribution is 2.34. The Hall–Kier alpha value is -3.81. The lowest BCUT2D eigenvalue weighted by molar-refractivity contribution is 0.0455. The van der Waals surface area contributed by atoms with Gasteiger partial charge in [0.2, 0.25) is 0 Å². The lowest BCUT2D eigenvalue weighted by Gasteiger charge is -2.37. The first-order chi connectivity index (χ1) is 17.6. The lowest BCUT2D eigenvalue weighted by Crippen LogP contribution is -2.50. The molecule has 1 aliphatic carbocycles. The van der Waals surface area contributed by atoms with Gasteiger partial charge in [-0.05, 0) is 36.5 Å². The normalized spacial score (nSPS) is 16.9. The number of hydrogen-bond acceptors (Lipinski definition) is 4. The summed E-state index contributed by atoms with van der Waals surface area (Å²) in [6.07, 6.45) is 9.58. The Morgan fingerprint density at radius 2 is 1.83 bits per heavy atom. The number of nitrogens with one attached hydrogen (secondary N) is 1. The van der Waals surface area contributed by atoms with Gasteiger partial charge in [-0.3, -0.25) is 24.1 Å². The van der Waals surface area contributed by atoms with Gasteiger partial charge >= 0.3 is 0 Å². The van der Waals surface area contributed by atoms with Crippen LogP contribution in [0.3, 0.4) is 0 Å². The molecule has 4 heterocycles. The summed E-state index contributed by atoms with van der Waals surface area (Å²) < 4.78 is 14.4. The van der Waals surface area contributed by atoms with Crippen LogP contribution in [0, 0.1) is 5.92 Å². The Morgan fingerprint density at radius 1 is 1.06 bits per heavy atom. The van der Waals surface area contributed by atoms with E-state index in [1.54, 1.807) is 23.4 Å². The molecular weight excluding hydrogens is 457 g/mol. The number of H-pyrrole nitrogens is 1. The Balaban J connectivity index is 1.43. The highest BCUT2D eigenvalue weighted by atomic mass is 19.1. The summed E-state index contributed by atoms with van der Waals surface area (Å²) >= 11 is 0. The maximum atomic E-state index is 13.5. The van der Waals surface area contributed by atoms with E-state index in [1.807, 2.05) is 18.2 Å². The molecule has 36 heavy (non-hydrogen) atoms. The molecule has 1 aliphatic heterocycles. The van der Waals surface area contributed by atoms with Crippen molar-refractivity contribution in [2.24, 2.45) is 5.92 Å². The van der Waals surface area contributed by atoms with Crippen molar-refractivity contribution in [3.8, 4) is 22.5 Å². The molecule has 4 aromatic rings. The molecule has 1 N–H and O–H groups in total. The third-order valence-electron chi connectivity index (χ3n) is 7.53. The van der Waals surface area contributed by atoms with Crippen molar-refractivity contribution in [2.45, 2.75) is 38.0 Å². The summed E-state index contributed by atoms with van der Waals surface area (Å²) in [5, 5.41) is 3.07. The summed E-state index contributed by atoms with van der Waals surface area (Å²) in [6.45, 7) is 0.253. The van der Waals surface area contributed by atoms with Gasteiger partial charge in [0.05, 0.1) is 18.1 Å². The fourth-order valence-corrected chi connectivity index (χ4v) is 5.46. The van der Waals surface area contributed by atoms with Crippen molar-refractivity contribution in [1.82, 2.24) is 24.5 Å². The molecule has 3 aromatic heterocycles. The molecule has 1 aromatic carbocycles. The molecule has 0 unspecified atom stereocenters. The van der Waals surface area contributed by atoms with Crippen LogP contribution in [0.15, 0.2) is 59.7 Å². The number of fused-ring (bicyclic) bond motifs is 1. The first-order valence-electron chi connectivity index (χ1n) is 12.6. The zero-order valence-corrected chi connectivity index (χ0v) is 20.0. The largest absolute Gasteiger partial charge is 0.338 e. The monoisotopic (exact) mass is 485 g/mol. The average molecular weight is 486 g/mol. The predicted octanol–water partition coefficient (Wildman–Crippen LogP) is 4.84. The molecule has 8 heteroatoms. The number of aromatic nitrogens is 4. The molecule has 2 aliphatic rings. The first-order valence-corrected chi connectivity index (χ1v) is 12.6. The fraction of sp³-hybridized carbons (Fsp3) is 0.357. The topological polar surface area (TPSA) is 83.4 Å². The smallest absolute Gasteiger partial charge is 0.273 e. The van der Waals surface area contributed by atoms with E-state index in [-0.39, 0.29) is 23.0 Å². The second kappa shape index (κ2) is 9.33. The average Bonchev–Trinajstić information content (AvgIpc) is 3.29. The molecule has 1 saturated carbocycles. The standard InChI is InChI=1S/C28H28FN5O2/c29-14-18-16-33(17-18)28(36)25-26(22-7-4-12-30-15-22)32-34-24(35)13-23(31-27(25)34)21-10-8-20(9-11-21)19-5-2-1-3-6-19/h4,7-13,15,18-19,32H,1-3,5-6,14,16-17H2. The van der Waals surface area contributed by atoms with Gasteiger partial charge < -0.3 is 4.90 Å². The van der Waals surface area contributed by atoms with E-state index in [1.165, 1.54) is 48.2 Å². The van der Waals surface area contributed by atoms with E-state index in [4.69, 9.17) is 4.98 Å². The number of hydrogen-bond donors (Lipinski definition) is 1. The summed E-state index contributed by atoms with van der Waals surface area (Å²) in [7, 11) is 0. The quantitative estimate of drug-likeness (QED) is 0.438. The molecule has 7 nitrogen and oxygen atoms in total. The van der Waals surface area contributed by atoms with Gasteiger partial charge in [-0.15, -0.1) is 0 Å². The van der Waals surface area contributed by atoms with Crippen LogP contribution in [-0.2, 0) is 0 Å². The minimum atomic E-state index is -0.453. The number of carbonyl (C=O) groups excluding carboxylic acids is 1.